The second kappa shape index (κ2) is 9.41. The second-order valence-electron chi connectivity index (χ2n) is 2.76. The number of aryl methyl sites for hydroxylation is 1. The molecule has 1 aromatic carbocycles. The molecule has 0 atom stereocenters. The van der Waals surface area contributed by atoms with Crippen molar-refractivity contribution in [3.63, 3.8) is 0 Å². The van der Waals surface area contributed by atoms with E-state index in [1.54, 1.807) is 0 Å². The lowest BCUT2D eigenvalue weighted by molar-refractivity contribution is 1.26. The van der Waals surface area contributed by atoms with Gasteiger partial charge in [0.2, 0.25) is 0 Å². The van der Waals surface area contributed by atoms with Gasteiger partial charge in [-0.2, -0.15) is 0 Å². The van der Waals surface area contributed by atoms with Gasteiger partial charge in [-0.25, -0.2) is 0 Å². The van der Waals surface area contributed by atoms with Crippen molar-refractivity contribution in [2.24, 2.45) is 0 Å². The molecule has 0 radical (unpaired) electrons. The summed E-state index contributed by atoms with van der Waals surface area (Å²) in [6.45, 7) is 5.94. The average molecular weight is 462 g/mol. The van der Waals surface area contributed by atoms with Gasteiger partial charge >= 0.3 is 0 Å². The molecule has 2 aromatic rings. The molecule has 1 aromatic heterocycles. The number of para-hydroxylation sites is 1. The topological polar surface area (TPSA) is 12.9 Å². The summed E-state index contributed by atoms with van der Waals surface area (Å²) in [7, 11) is 0. The van der Waals surface area contributed by atoms with Crippen LogP contribution >= 0.6 is 48.8 Å². The Hall–Kier alpha value is 0.380. The van der Waals surface area contributed by atoms with Gasteiger partial charge in [-0.05, 0) is 19.1 Å². The lowest BCUT2D eigenvalue weighted by Crippen LogP contribution is -1.83. The Balaban J connectivity index is 0.000000509. The van der Waals surface area contributed by atoms with Crippen LogP contribution in [-0.2, 0) is 0 Å². The largest absolute Gasteiger partial charge is 0.253 e. The number of pyridine rings is 1. The molecule has 0 fully saturated rings. The Bertz CT molecular complexity index is 432. The van der Waals surface area contributed by atoms with Gasteiger partial charge in [0.05, 0.1) is 10.5 Å². The van der Waals surface area contributed by atoms with E-state index in [1.165, 1.54) is 0 Å². The van der Waals surface area contributed by atoms with Crippen molar-refractivity contribution in [2.75, 3.05) is 0 Å². The number of hydrogen-bond acceptors (Lipinski definition) is 1. The summed E-state index contributed by atoms with van der Waals surface area (Å²) < 4.78 is 0. The SMILES string of the molecule is CC.Cc1cc(Cl)c2ccccc2n1.II. The van der Waals surface area contributed by atoms with E-state index >= 15 is 0 Å². The molecule has 0 bridgehead atoms. The minimum atomic E-state index is 0.776. The second-order valence-corrected chi connectivity index (χ2v) is 3.17. The van der Waals surface area contributed by atoms with Crippen molar-refractivity contribution in [3.05, 3.63) is 41.0 Å². The molecule has 2 rings (SSSR count). The van der Waals surface area contributed by atoms with Gasteiger partial charge in [0.15, 0.2) is 0 Å². The van der Waals surface area contributed by atoms with Crippen LogP contribution in [0.3, 0.4) is 0 Å². The molecule has 4 heteroatoms. The third-order valence-corrected chi connectivity index (χ3v) is 2.11. The van der Waals surface area contributed by atoms with Crippen LogP contribution in [0.15, 0.2) is 30.3 Å². The van der Waals surface area contributed by atoms with E-state index in [4.69, 9.17) is 11.6 Å². The van der Waals surface area contributed by atoms with Crippen LogP contribution in [0.1, 0.15) is 19.5 Å². The minimum absolute atomic E-state index is 0.776. The summed E-state index contributed by atoms with van der Waals surface area (Å²) in [4.78, 5) is 4.35. The Kier molecular flexibility index (Phi) is 9.64. The van der Waals surface area contributed by atoms with Gasteiger partial charge < -0.3 is 0 Å². The van der Waals surface area contributed by atoms with Crippen LogP contribution < -0.4 is 0 Å². The van der Waals surface area contributed by atoms with Crippen LogP contribution in [0.5, 0.6) is 0 Å². The molecular weight excluding hydrogens is 447 g/mol. The summed E-state index contributed by atoms with van der Waals surface area (Å²) >= 11 is 10.3. The molecule has 0 saturated carbocycles. The first-order valence-electron chi connectivity index (χ1n) is 4.93. The molecule has 0 spiro atoms. The van der Waals surface area contributed by atoms with Crippen molar-refractivity contribution >= 4 is 59.7 Å². The quantitative estimate of drug-likeness (QED) is 0.439. The van der Waals surface area contributed by atoms with Gasteiger partial charge in [-0.1, -0.05) is 43.6 Å². The van der Waals surface area contributed by atoms with Gasteiger partial charge in [-0.15, -0.1) is 0 Å². The van der Waals surface area contributed by atoms with E-state index in [-0.39, 0.29) is 0 Å². The minimum Gasteiger partial charge on any atom is -0.253 e. The van der Waals surface area contributed by atoms with Crippen molar-refractivity contribution in [1.29, 1.82) is 0 Å². The summed E-state index contributed by atoms with van der Waals surface area (Å²) in [6, 6.07) is 9.75. The normalized spacial score (nSPS) is 8.62. The fourth-order valence-electron chi connectivity index (χ4n) is 1.26. The highest BCUT2D eigenvalue weighted by Crippen LogP contribution is 2.21. The zero-order valence-electron chi connectivity index (χ0n) is 9.47. The molecule has 0 unspecified atom stereocenters. The average Bonchev–Trinajstić information content (AvgIpc) is 2.34. The van der Waals surface area contributed by atoms with Crippen molar-refractivity contribution in [2.45, 2.75) is 20.8 Å². The van der Waals surface area contributed by atoms with E-state index in [1.807, 2.05) is 51.1 Å². The smallest absolute Gasteiger partial charge is 0.0720 e. The first-order valence-corrected chi connectivity index (χ1v) is 11.6. The Morgan fingerprint density at radius 1 is 1.12 bits per heavy atom. The maximum atomic E-state index is 6.02. The first kappa shape index (κ1) is 16.4. The predicted molar refractivity (Wildman–Crippen MR) is 90.9 cm³/mol. The van der Waals surface area contributed by atoms with E-state index in [0.29, 0.717) is 0 Å². The molecule has 1 heterocycles. The van der Waals surface area contributed by atoms with Gasteiger partial charge in [0, 0.05) is 48.3 Å². The summed E-state index contributed by atoms with van der Waals surface area (Å²) in [5.74, 6) is 0. The summed E-state index contributed by atoms with van der Waals surface area (Å²) in [6.07, 6.45) is 0. The summed E-state index contributed by atoms with van der Waals surface area (Å²) in [5.41, 5.74) is 1.92. The number of nitrogens with zero attached hydrogens (tertiary/aromatic N) is 1. The van der Waals surface area contributed by atoms with Crippen LogP contribution in [0.2, 0.25) is 5.02 Å². The van der Waals surface area contributed by atoms with Crippen LogP contribution in [0.4, 0.5) is 0 Å². The highest BCUT2D eigenvalue weighted by molar-refractivity contribution is 15.0. The zero-order chi connectivity index (χ0) is 12.6. The van der Waals surface area contributed by atoms with E-state index < -0.39 is 0 Å². The number of aromatic nitrogens is 1. The standard InChI is InChI=1S/C10H8ClN.C2H6.I2/c1-7-6-9(11)8-4-2-3-5-10(8)12-7;2*1-2/h2-6H,1H3;1-2H3;. The first-order chi connectivity index (χ1) is 7.77. The highest BCUT2D eigenvalue weighted by Gasteiger charge is 1.99. The molecule has 1 nitrogen and oxygen atoms in total. The highest BCUT2D eigenvalue weighted by atomic mass is 128. The Labute approximate surface area is 125 Å². The van der Waals surface area contributed by atoms with Crippen LogP contribution in [0.25, 0.3) is 10.9 Å². The molecule has 0 aliphatic rings. The summed E-state index contributed by atoms with van der Waals surface area (Å²) in [5, 5.41) is 1.79. The van der Waals surface area contributed by atoms with E-state index in [2.05, 4.69) is 42.2 Å². The zero-order valence-corrected chi connectivity index (χ0v) is 14.5. The van der Waals surface area contributed by atoms with Gasteiger partial charge in [0.25, 0.3) is 0 Å². The monoisotopic (exact) mass is 461 g/mol. The molecule has 0 N–H and O–H groups in total. The van der Waals surface area contributed by atoms with Gasteiger partial charge in [-0.3, -0.25) is 4.98 Å². The maximum absolute atomic E-state index is 6.02. The molecule has 0 saturated heterocycles. The fourth-order valence-corrected chi connectivity index (χ4v) is 1.57. The molecule has 16 heavy (non-hydrogen) atoms. The Morgan fingerprint density at radius 2 is 1.69 bits per heavy atom. The number of benzene rings is 1. The third-order valence-electron chi connectivity index (χ3n) is 1.79. The number of fused-ring (bicyclic) bond motifs is 1. The lowest BCUT2D eigenvalue weighted by atomic mass is 10.2. The molecule has 0 amide bonds. The van der Waals surface area contributed by atoms with Crippen molar-refractivity contribution in [3.8, 4) is 0 Å². The third kappa shape index (κ3) is 4.71. The number of halogens is 3. The van der Waals surface area contributed by atoms with Gasteiger partial charge in [0.1, 0.15) is 0 Å². The molecule has 0 aliphatic carbocycles. The van der Waals surface area contributed by atoms with Crippen LogP contribution in [-0.4, -0.2) is 4.98 Å². The van der Waals surface area contributed by atoms with Crippen molar-refractivity contribution < 1.29 is 0 Å². The molecule has 0 aliphatic heterocycles. The Morgan fingerprint density at radius 3 is 2.31 bits per heavy atom. The van der Waals surface area contributed by atoms with E-state index in [9.17, 15) is 0 Å². The lowest BCUT2D eigenvalue weighted by Gasteiger charge is -2.00. The molecule has 88 valence electrons. The fraction of sp³-hybridized carbons (Fsp3) is 0.250. The molecular formula is C12H14ClI2N. The number of rotatable bonds is 0. The van der Waals surface area contributed by atoms with E-state index in [0.717, 1.165) is 21.6 Å². The predicted octanol–water partition coefficient (Wildman–Crippen LogP) is 5.99. The maximum Gasteiger partial charge on any atom is 0.0720 e. The van der Waals surface area contributed by atoms with Crippen LogP contribution in [0, 0.1) is 6.92 Å². The number of hydrogen-bond donors (Lipinski definition) is 0. The van der Waals surface area contributed by atoms with Crippen molar-refractivity contribution in [1.82, 2.24) is 4.98 Å².